The van der Waals surface area contributed by atoms with Crippen LogP contribution in [0.2, 0.25) is 0 Å². The summed E-state index contributed by atoms with van der Waals surface area (Å²) in [5, 5.41) is 2.25. The molecular formula is C47H43N4OPt-3. The Bertz CT molecular complexity index is 2470. The Morgan fingerprint density at radius 3 is 2.17 bits per heavy atom. The van der Waals surface area contributed by atoms with E-state index in [1.807, 2.05) is 12.3 Å². The van der Waals surface area contributed by atoms with Crippen LogP contribution in [0.25, 0.3) is 38.8 Å². The van der Waals surface area contributed by atoms with Crippen LogP contribution < -0.4 is 14.5 Å². The summed E-state index contributed by atoms with van der Waals surface area (Å²) < 4.78 is 8.85. The SMILES string of the molecule is Cc1c(-c2ccccc2)cccc1N1C=CN(c2[c-]c(Oc3[c-]c4c(cc3)c3ccccc3n4-c3cc(C(C)(C)C)ccn3)cc(C(C)(C)C)c2)[CH-]1.[Pt]. The molecule has 3 heterocycles. The van der Waals surface area contributed by atoms with Crippen molar-refractivity contribution in [2.75, 3.05) is 9.80 Å². The number of hydrogen-bond acceptors (Lipinski definition) is 4. The molecule has 8 rings (SSSR count). The van der Waals surface area contributed by atoms with E-state index in [-0.39, 0.29) is 31.9 Å². The van der Waals surface area contributed by atoms with Gasteiger partial charge in [-0.25, -0.2) is 4.98 Å². The van der Waals surface area contributed by atoms with Gasteiger partial charge in [0.05, 0.1) is 0 Å². The van der Waals surface area contributed by atoms with E-state index in [1.54, 1.807) is 0 Å². The second-order valence-corrected chi connectivity index (χ2v) is 15.6. The standard InChI is InChI=1S/C47H43N4O.Pt/c1-32-39(33-14-9-8-10-15-33)17-13-19-42(32)50-25-24-49(31-50)36-26-35(47(5,6)7)27-38(29-36)52-37-20-21-41-40-16-11-12-18-43(40)51(44(41)30-37)45-28-34(22-23-48-45)46(2,3)4;/h8-28,31H,1-7H3;/q-3;. The monoisotopic (exact) mass is 874 g/mol. The molecule has 5 aromatic carbocycles. The fourth-order valence-corrected chi connectivity index (χ4v) is 6.93. The van der Waals surface area contributed by atoms with Gasteiger partial charge in [-0.2, -0.15) is 6.07 Å². The van der Waals surface area contributed by atoms with Crippen LogP contribution in [0.3, 0.4) is 0 Å². The first-order valence-corrected chi connectivity index (χ1v) is 17.9. The fourth-order valence-electron chi connectivity index (χ4n) is 6.93. The normalized spacial score (nSPS) is 13.2. The molecule has 5 nitrogen and oxygen atoms in total. The molecule has 0 saturated heterocycles. The first-order chi connectivity index (χ1) is 24.9. The Hall–Kier alpha value is -5.12. The number of hydrogen-bond donors (Lipinski definition) is 0. The van der Waals surface area contributed by atoms with Crippen molar-refractivity contribution in [3.63, 3.8) is 0 Å². The first-order valence-electron chi connectivity index (χ1n) is 17.9. The van der Waals surface area contributed by atoms with Crippen LogP contribution in [0.15, 0.2) is 128 Å². The van der Waals surface area contributed by atoms with E-state index in [1.165, 1.54) is 22.3 Å². The molecule has 0 unspecified atom stereocenters. The van der Waals surface area contributed by atoms with Gasteiger partial charge in [-0.3, -0.25) is 0 Å². The van der Waals surface area contributed by atoms with Crippen molar-refractivity contribution in [1.29, 1.82) is 0 Å². The predicted molar refractivity (Wildman–Crippen MR) is 215 cm³/mol. The molecule has 1 aliphatic heterocycles. The third-order valence-corrected chi connectivity index (χ3v) is 9.90. The van der Waals surface area contributed by atoms with E-state index >= 15 is 0 Å². The van der Waals surface area contributed by atoms with Gasteiger partial charge in [0.25, 0.3) is 0 Å². The Balaban J connectivity index is 0.00000435. The zero-order valence-electron chi connectivity index (χ0n) is 31.2. The number of anilines is 2. The smallest absolute Gasteiger partial charge is 0.135 e. The summed E-state index contributed by atoms with van der Waals surface area (Å²) in [7, 11) is 0. The summed E-state index contributed by atoms with van der Waals surface area (Å²) in [6.45, 7) is 17.6. The number of benzene rings is 5. The van der Waals surface area contributed by atoms with E-state index in [2.05, 4.69) is 197 Å². The molecule has 270 valence electrons. The Labute approximate surface area is 327 Å². The van der Waals surface area contributed by atoms with Gasteiger partial charge in [-0.05, 0) is 82.1 Å². The summed E-state index contributed by atoms with van der Waals surface area (Å²) >= 11 is 0. The average Bonchev–Trinajstić information content (AvgIpc) is 3.75. The van der Waals surface area contributed by atoms with E-state index in [0.717, 1.165) is 44.6 Å². The minimum absolute atomic E-state index is 0. The maximum Gasteiger partial charge on any atom is 0.135 e. The van der Waals surface area contributed by atoms with Crippen LogP contribution in [-0.4, -0.2) is 9.55 Å². The molecule has 1 aliphatic rings. The Kier molecular flexibility index (Phi) is 9.59. The number of nitrogens with zero attached hydrogens (tertiary/aromatic N) is 4. The summed E-state index contributed by atoms with van der Waals surface area (Å²) in [6, 6.07) is 45.4. The van der Waals surface area contributed by atoms with E-state index in [4.69, 9.17) is 9.72 Å². The molecule has 0 spiro atoms. The zero-order valence-corrected chi connectivity index (χ0v) is 33.5. The van der Waals surface area contributed by atoms with Crippen molar-refractivity contribution in [2.45, 2.75) is 59.3 Å². The van der Waals surface area contributed by atoms with Crippen LogP contribution in [0, 0.1) is 25.7 Å². The molecule has 0 fully saturated rings. The molecule has 0 atom stereocenters. The summed E-state index contributed by atoms with van der Waals surface area (Å²) in [5.74, 6) is 2.12. The van der Waals surface area contributed by atoms with Crippen molar-refractivity contribution < 1.29 is 25.8 Å². The summed E-state index contributed by atoms with van der Waals surface area (Å²) in [5.41, 5.74) is 9.93. The second kappa shape index (κ2) is 14.0. The minimum atomic E-state index is -0.116. The van der Waals surface area contributed by atoms with Gasteiger partial charge in [-0.1, -0.05) is 108 Å². The van der Waals surface area contributed by atoms with Crippen molar-refractivity contribution >= 4 is 33.2 Å². The number of ether oxygens (including phenoxy) is 1. The molecule has 0 bridgehead atoms. The van der Waals surface area contributed by atoms with Gasteiger partial charge in [0.2, 0.25) is 0 Å². The van der Waals surface area contributed by atoms with Gasteiger partial charge < -0.3 is 19.1 Å². The largest absolute Gasteiger partial charge is 0.509 e. The predicted octanol–water partition coefficient (Wildman–Crippen LogP) is 12.1. The summed E-state index contributed by atoms with van der Waals surface area (Å²) in [6.07, 6.45) is 6.07. The molecule has 0 aliphatic carbocycles. The van der Waals surface area contributed by atoms with E-state index < -0.39 is 0 Å². The van der Waals surface area contributed by atoms with Crippen molar-refractivity contribution in [3.8, 4) is 28.4 Å². The van der Waals surface area contributed by atoms with Crippen LogP contribution in [0.1, 0.15) is 58.2 Å². The van der Waals surface area contributed by atoms with Gasteiger partial charge in [0.1, 0.15) is 5.82 Å². The molecule has 2 aromatic heterocycles. The van der Waals surface area contributed by atoms with Crippen LogP contribution in [0.4, 0.5) is 11.4 Å². The molecule has 0 radical (unpaired) electrons. The Morgan fingerprint density at radius 2 is 1.40 bits per heavy atom. The molecule has 6 heteroatoms. The number of rotatable bonds is 6. The third-order valence-electron chi connectivity index (χ3n) is 9.90. The molecule has 0 saturated carbocycles. The van der Waals surface area contributed by atoms with Crippen molar-refractivity contribution in [1.82, 2.24) is 9.55 Å². The van der Waals surface area contributed by atoms with Crippen LogP contribution in [-0.2, 0) is 31.9 Å². The number of para-hydroxylation sites is 1. The topological polar surface area (TPSA) is 33.5 Å². The maximum atomic E-state index is 6.66. The average molecular weight is 875 g/mol. The van der Waals surface area contributed by atoms with Crippen molar-refractivity contribution in [3.05, 3.63) is 163 Å². The van der Waals surface area contributed by atoms with Crippen LogP contribution in [0.5, 0.6) is 11.5 Å². The van der Waals surface area contributed by atoms with Gasteiger partial charge in [0, 0.05) is 50.0 Å². The van der Waals surface area contributed by atoms with E-state index in [0.29, 0.717) is 11.5 Å². The molecule has 0 amide bonds. The van der Waals surface area contributed by atoms with Gasteiger partial charge in [0.15, 0.2) is 0 Å². The summed E-state index contributed by atoms with van der Waals surface area (Å²) in [4.78, 5) is 9.11. The molecule has 7 aromatic rings. The minimum Gasteiger partial charge on any atom is -0.509 e. The molecular weight excluding hydrogens is 832 g/mol. The molecule has 53 heavy (non-hydrogen) atoms. The first kappa shape index (κ1) is 36.2. The maximum absolute atomic E-state index is 6.66. The second-order valence-electron chi connectivity index (χ2n) is 15.6. The van der Waals surface area contributed by atoms with Crippen LogP contribution >= 0.6 is 0 Å². The number of fused-ring (bicyclic) bond motifs is 3. The fraction of sp³-hybridized carbons (Fsp3) is 0.191. The quantitative estimate of drug-likeness (QED) is 0.156. The number of aromatic nitrogens is 2. The van der Waals surface area contributed by atoms with Gasteiger partial charge >= 0.3 is 0 Å². The molecule has 0 N–H and O–H groups in total. The zero-order chi connectivity index (χ0) is 36.2. The number of pyridine rings is 1. The van der Waals surface area contributed by atoms with Crippen molar-refractivity contribution in [2.24, 2.45) is 0 Å². The van der Waals surface area contributed by atoms with E-state index in [9.17, 15) is 0 Å². The third kappa shape index (κ3) is 7.03. The Morgan fingerprint density at radius 1 is 0.660 bits per heavy atom. The van der Waals surface area contributed by atoms with Gasteiger partial charge in [-0.15, -0.1) is 53.6 Å².